The molecule has 9 heteroatoms. The normalized spacial score (nSPS) is 19.4. The van der Waals surface area contributed by atoms with Crippen molar-refractivity contribution in [2.45, 2.75) is 31.7 Å². The van der Waals surface area contributed by atoms with E-state index in [0.29, 0.717) is 58.9 Å². The lowest BCUT2D eigenvalue weighted by molar-refractivity contribution is -0.143. The van der Waals surface area contributed by atoms with E-state index in [-0.39, 0.29) is 24.4 Å². The van der Waals surface area contributed by atoms with Gasteiger partial charge in [0, 0.05) is 37.6 Å². The number of rotatable bonds is 5. The van der Waals surface area contributed by atoms with Gasteiger partial charge in [-0.1, -0.05) is 37.3 Å². The van der Waals surface area contributed by atoms with E-state index < -0.39 is 5.54 Å². The van der Waals surface area contributed by atoms with Crippen LogP contribution in [0.1, 0.15) is 25.3 Å². The molecule has 0 radical (unpaired) electrons. The van der Waals surface area contributed by atoms with E-state index in [0.717, 1.165) is 23.4 Å². The van der Waals surface area contributed by atoms with Crippen LogP contribution in [0.4, 0.5) is 16.2 Å². The fourth-order valence-corrected chi connectivity index (χ4v) is 5.55. The summed E-state index contributed by atoms with van der Waals surface area (Å²) in [6, 6.07) is 17.6. The lowest BCUT2D eigenvalue weighted by Gasteiger charge is -2.43. The molecule has 37 heavy (non-hydrogen) atoms. The highest BCUT2D eigenvalue weighted by Gasteiger charge is 2.54. The van der Waals surface area contributed by atoms with Crippen molar-refractivity contribution in [3.8, 4) is 0 Å². The number of carbonyl (C=O) groups excluding carboxylic acids is 3. The largest absolute Gasteiger partial charge is 0.378 e. The number of nitrogens with zero attached hydrogens (tertiary/aromatic N) is 4. The number of piperidine rings is 1. The third-order valence-corrected chi connectivity index (χ3v) is 7.74. The second-order valence-electron chi connectivity index (χ2n) is 9.90. The first-order chi connectivity index (χ1) is 18.0. The Morgan fingerprint density at radius 1 is 0.946 bits per heavy atom. The fourth-order valence-electron chi connectivity index (χ4n) is 5.55. The van der Waals surface area contributed by atoms with Crippen LogP contribution in [0.3, 0.4) is 0 Å². The monoisotopic (exact) mass is 505 g/mol. The van der Waals surface area contributed by atoms with Crippen LogP contribution in [0.2, 0.25) is 0 Å². The maximum Gasteiger partial charge on any atom is 0.321 e. The van der Waals surface area contributed by atoms with E-state index in [1.54, 1.807) is 14.7 Å². The molecule has 2 aromatic rings. The van der Waals surface area contributed by atoms with Gasteiger partial charge in [-0.3, -0.25) is 9.59 Å². The van der Waals surface area contributed by atoms with Crippen molar-refractivity contribution in [2.75, 3.05) is 62.8 Å². The number of morpholine rings is 1. The Balaban J connectivity index is 1.30. The van der Waals surface area contributed by atoms with E-state index in [1.807, 2.05) is 54.6 Å². The van der Waals surface area contributed by atoms with E-state index in [2.05, 4.69) is 17.1 Å². The van der Waals surface area contributed by atoms with Crippen molar-refractivity contribution in [2.24, 2.45) is 0 Å². The highest BCUT2D eigenvalue weighted by atomic mass is 16.5. The number of ether oxygens (including phenoxy) is 1. The average molecular weight is 506 g/mol. The molecule has 4 amide bonds. The number of nitrogens with one attached hydrogen (secondary N) is 1. The third-order valence-electron chi connectivity index (χ3n) is 7.74. The summed E-state index contributed by atoms with van der Waals surface area (Å²) in [6.45, 7) is 5.58. The van der Waals surface area contributed by atoms with Crippen LogP contribution < -0.4 is 10.2 Å². The van der Waals surface area contributed by atoms with Crippen molar-refractivity contribution in [3.63, 3.8) is 0 Å². The van der Waals surface area contributed by atoms with Crippen LogP contribution in [0.5, 0.6) is 0 Å². The highest BCUT2D eigenvalue weighted by Crippen LogP contribution is 2.39. The topological polar surface area (TPSA) is 85.4 Å². The molecule has 5 rings (SSSR count). The Morgan fingerprint density at radius 2 is 1.68 bits per heavy atom. The molecular weight excluding hydrogens is 470 g/mol. The van der Waals surface area contributed by atoms with Gasteiger partial charge in [-0.15, -0.1) is 0 Å². The summed E-state index contributed by atoms with van der Waals surface area (Å²) in [4.78, 5) is 47.3. The average Bonchev–Trinajstić information content (AvgIpc) is 3.20. The maximum atomic E-state index is 13.9. The number of amides is 4. The smallest absolute Gasteiger partial charge is 0.321 e. The molecular formula is C28H35N5O4. The zero-order valence-electron chi connectivity index (χ0n) is 21.4. The van der Waals surface area contributed by atoms with Crippen LogP contribution in [0, 0.1) is 0 Å². The van der Waals surface area contributed by atoms with Gasteiger partial charge in [0.2, 0.25) is 5.91 Å². The molecule has 3 aliphatic heterocycles. The number of aryl methyl sites for hydroxylation is 1. The Morgan fingerprint density at radius 3 is 2.38 bits per heavy atom. The minimum Gasteiger partial charge on any atom is -0.378 e. The molecule has 0 bridgehead atoms. The minimum atomic E-state index is -0.772. The first-order valence-electron chi connectivity index (χ1n) is 13.1. The van der Waals surface area contributed by atoms with E-state index in [9.17, 15) is 14.4 Å². The SMILES string of the molecule is CCc1cccc(NC(=O)N2CCC3(CC2)C(=O)N(CC(=O)N2CCOCC2)CN3c2ccccc2)c1. The minimum absolute atomic E-state index is 0.0336. The molecule has 1 N–H and O–H groups in total. The zero-order valence-corrected chi connectivity index (χ0v) is 21.4. The molecule has 3 heterocycles. The van der Waals surface area contributed by atoms with Gasteiger partial charge >= 0.3 is 6.03 Å². The molecule has 0 saturated carbocycles. The molecule has 1 spiro atoms. The molecule has 0 aliphatic carbocycles. The summed E-state index contributed by atoms with van der Waals surface area (Å²) in [5, 5.41) is 3.01. The van der Waals surface area contributed by atoms with Gasteiger partial charge in [-0.2, -0.15) is 0 Å². The zero-order chi connectivity index (χ0) is 25.8. The number of urea groups is 1. The Bertz CT molecular complexity index is 1130. The van der Waals surface area contributed by atoms with Crippen LogP contribution in [-0.4, -0.2) is 90.7 Å². The number of hydrogen-bond donors (Lipinski definition) is 1. The van der Waals surface area contributed by atoms with Gasteiger partial charge in [-0.05, 0) is 49.1 Å². The molecule has 3 aliphatic rings. The van der Waals surface area contributed by atoms with Gasteiger partial charge in [0.25, 0.3) is 5.91 Å². The van der Waals surface area contributed by atoms with Crippen LogP contribution in [0.15, 0.2) is 54.6 Å². The van der Waals surface area contributed by atoms with Gasteiger partial charge in [0.05, 0.1) is 19.9 Å². The molecule has 0 unspecified atom stereocenters. The number of para-hydroxylation sites is 1. The molecule has 2 aromatic carbocycles. The van der Waals surface area contributed by atoms with Gasteiger partial charge in [-0.25, -0.2) is 4.79 Å². The molecule has 196 valence electrons. The summed E-state index contributed by atoms with van der Waals surface area (Å²) < 4.78 is 5.36. The van der Waals surface area contributed by atoms with Crippen LogP contribution in [0.25, 0.3) is 0 Å². The highest BCUT2D eigenvalue weighted by molar-refractivity contribution is 5.97. The molecule has 3 saturated heterocycles. The number of benzene rings is 2. The molecule has 0 atom stereocenters. The lowest BCUT2D eigenvalue weighted by atomic mass is 9.85. The lowest BCUT2D eigenvalue weighted by Crippen LogP contribution is -2.58. The van der Waals surface area contributed by atoms with Gasteiger partial charge in [0.1, 0.15) is 12.1 Å². The van der Waals surface area contributed by atoms with Crippen molar-refractivity contribution in [1.29, 1.82) is 0 Å². The Kier molecular flexibility index (Phi) is 7.32. The van der Waals surface area contributed by atoms with Crippen molar-refractivity contribution in [3.05, 3.63) is 60.2 Å². The van der Waals surface area contributed by atoms with Crippen molar-refractivity contribution in [1.82, 2.24) is 14.7 Å². The summed E-state index contributed by atoms with van der Waals surface area (Å²) >= 11 is 0. The second-order valence-corrected chi connectivity index (χ2v) is 9.90. The summed E-state index contributed by atoms with van der Waals surface area (Å²) in [6.07, 6.45) is 1.91. The Hall–Kier alpha value is -3.59. The first-order valence-corrected chi connectivity index (χ1v) is 13.1. The number of carbonyl (C=O) groups is 3. The van der Waals surface area contributed by atoms with E-state index in [4.69, 9.17) is 4.74 Å². The predicted molar refractivity (Wildman–Crippen MR) is 141 cm³/mol. The van der Waals surface area contributed by atoms with E-state index in [1.165, 1.54) is 0 Å². The van der Waals surface area contributed by atoms with Crippen molar-refractivity contribution < 1.29 is 19.1 Å². The summed E-state index contributed by atoms with van der Waals surface area (Å²) in [7, 11) is 0. The Labute approximate surface area is 217 Å². The third kappa shape index (κ3) is 5.13. The summed E-state index contributed by atoms with van der Waals surface area (Å²) in [5.74, 6) is -0.0819. The van der Waals surface area contributed by atoms with E-state index >= 15 is 0 Å². The quantitative estimate of drug-likeness (QED) is 0.676. The maximum absolute atomic E-state index is 13.9. The number of hydrogen-bond acceptors (Lipinski definition) is 5. The van der Waals surface area contributed by atoms with Crippen LogP contribution >= 0.6 is 0 Å². The molecule has 9 nitrogen and oxygen atoms in total. The van der Waals surface area contributed by atoms with Gasteiger partial charge < -0.3 is 29.7 Å². The first kappa shape index (κ1) is 25.1. The molecule has 3 fully saturated rings. The molecule has 0 aromatic heterocycles. The fraction of sp³-hybridized carbons (Fsp3) is 0.464. The predicted octanol–water partition coefficient (Wildman–Crippen LogP) is 2.78. The number of anilines is 2. The second kappa shape index (κ2) is 10.8. The summed E-state index contributed by atoms with van der Waals surface area (Å²) in [5.41, 5.74) is 2.12. The van der Waals surface area contributed by atoms with Crippen LogP contribution in [-0.2, 0) is 20.7 Å². The number of likely N-dealkylation sites (tertiary alicyclic amines) is 1. The van der Waals surface area contributed by atoms with Crippen molar-refractivity contribution >= 4 is 29.2 Å². The standard InChI is InChI=1S/C28H35N5O4/c1-2-22-7-6-8-23(19-22)29-27(36)31-13-11-28(12-14-31)26(35)32(20-25(34)30-15-17-37-18-16-30)21-33(28)24-9-4-3-5-10-24/h3-10,19H,2,11-18,20-21H2,1H3,(H,29,36). The van der Waals surface area contributed by atoms with Gasteiger partial charge in [0.15, 0.2) is 0 Å².